The highest BCUT2D eigenvalue weighted by molar-refractivity contribution is 7.91. The standard InChI is InChI=1S/C19H20N4O4S/c1-12(24)23-7-8-28(25,26)11-17(23)18-20-10-16(21-18)14-9-13-5-3-4-6-15(13)22-19(14)27-2/h3-6,9-10,17H,7-8,11H2,1-2H3,(H,20,21). The van der Waals surface area contributed by atoms with Gasteiger partial charge in [-0.05, 0) is 12.1 Å². The van der Waals surface area contributed by atoms with Crippen molar-refractivity contribution in [3.63, 3.8) is 0 Å². The number of methoxy groups -OCH3 is 1. The third-order valence-corrected chi connectivity index (χ3v) is 6.55. The molecule has 28 heavy (non-hydrogen) atoms. The van der Waals surface area contributed by atoms with Crippen LogP contribution in [0.3, 0.4) is 0 Å². The number of nitrogens with zero attached hydrogens (tertiary/aromatic N) is 3. The Kier molecular flexibility index (Phi) is 4.54. The normalized spacial score (nSPS) is 18.9. The summed E-state index contributed by atoms with van der Waals surface area (Å²) in [5.41, 5.74) is 2.17. The van der Waals surface area contributed by atoms with E-state index in [9.17, 15) is 13.2 Å². The molecule has 0 aliphatic carbocycles. The van der Waals surface area contributed by atoms with Gasteiger partial charge in [0.2, 0.25) is 11.8 Å². The summed E-state index contributed by atoms with van der Waals surface area (Å²) in [5.74, 6) is 0.520. The average Bonchev–Trinajstić information content (AvgIpc) is 3.15. The number of amides is 1. The van der Waals surface area contributed by atoms with Crippen LogP contribution in [-0.2, 0) is 14.6 Å². The van der Waals surface area contributed by atoms with Gasteiger partial charge in [-0.2, -0.15) is 0 Å². The summed E-state index contributed by atoms with van der Waals surface area (Å²) < 4.78 is 29.7. The van der Waals surface area contributed by atoms with Crippen molar-refractivity contribution < 1.29 is 17.9 Å². The Hall–Kier alpha value is -2.94. The zero-order chi connectivity index (χ0) is 19.9. The highest BCUT2D eigenvalue weighted by atomic mass is 32.2. The molecule has 0 saturated carbocycles. The van der Waals surface area contributed by atoms with Crippen molar-refractivity contribution in [2.24, 2.45) is 0 Å². The maximum Gasteiger partial charge on any atom is 0.223 e. The van der Waals surface area contributed by atoms with Crippen molar-refractivity contribution in [1.29, 1.82) is 0 Å². The second-order valence-corrected chi connectivity index (χ2v) is 8.99. The van der Waals surface area contributed by atoms with Crippen LogP contribution in [0.4, 0.5) is 0 Å². The minimum Gasteiger partial charge on any atom is -0.480 e. The van der Waals surface area contributed by atoms with Crippen LogP contribution in [0.2, 0.25) is 0 Å². The average molecular weight is 400 g/mol. The van der Waals surface area contributed by atoms with Gasteiger partial charge in [-0.3, -0.25) is 4.79 Å². The van der Waals surface area contributed by atoms with Crippen molar-refractivity contribution in [2.75, 3.05) is 25.2 Å². The molecule has 8 nitrogen and oxygen atoms in total. The number of benzene rings is 1. The molecule has 0 radical (unpaired) electrons. The summed E-state index contributed by atoms with van der Waals surface area (Å²) in [7, 11) is -1.69. The summed E-state index contributed by atoms with van der Waals surface area (Å²) in [5, 5.41) is 0.944. The van der Waals surface area contributed by atoms with E-state index in [0.717, 1.165) is 10.9 Å². The van der Waals surface area contributed by atoms with E-state index in [1.54, 1.807) is 18.2 Å². The number of ether oxygens (including phenoxy) is 1. The number of aromatic amines is 1. The Balaban J connectivity index is 1.76. The van der Waals surface area contributed by atoms with Crippen LogP contribution in [0, 0.1) is 0 Å². The number of aromatic nitrogens is 3. The fraction of sp³-hybridized carbons (Fsp3) is 0.316. The molecule has 1 aliphatic heterocycles. The number of carbonyl (C=O) groups is 1. The number of para-hydroxylation sites is 1. The Labute approximate surface area is 162 Å². The first-order valence-corrected chi connectivity index (χ1v) is 10.7. The van der Waals surface area contributed by atoms with E-state index < -0.39 is 15.9 Å². The summed E-state index contributed by atoms with van der Waals surface area (Å²) >= 11 is 0. The monoisotopic (exact) mass is 400 g/mol. The molecule has 1 saturated heterocycles. The highest BCUT2D eigenvalue weighted by Gasteiger charge is 2.35. The van der Waals surface area contributed by atoms with Crippen molar-refractivity contribution in [2.45, 2.75) is 13.0 Å². The topological polar surface area (TPSA) is 105 Å². The number of sulfone groups is 1. The minimum atomic E-state index is -3.23. The quantitative estimate of drug-likeness (QED) is 0.720. The van der Waals surface area contributed by atoms with Gasteiger partial charge >= 0.3 is 0 Å². The molecule has 3 heterocycles. The molecular weight excluding hydrogens is 380 g/mol. The van der Waals surface area contributed by atoms with Crippen molar-refractivity contribution in [1.82, 2.24) is 19.9 Å². The molecule has 1 N–H and O–H groups in total. The van der Waals surface area contributed by atoms with Gasteiger partial charge in [-0.15, -0.1) is 0 Å². The zero-order valence-corrected chi connectivity index (χ0v) is 16.4. The summed E-state index contributed by atoms with van der Waals surface area (Å²) in [6.45, 7) is 1.60. The molecule has 4 rings (SSSR count). The third-order valence-electron chi connectivity index (χ3n) is 4.92. The van der Waals surface area contributed by atoms with Gasteiger partial charge in [0.05, 0.1) is 41.6 Å². The third kappa shape index (κ3) is 3.33. The second kappa shape index (κ2) is 6.90. The number of hydrogen-bond donors (Lipinski definition) is 1. The molecule has 1 aromatic carbocycles. The predicted octanol–water partition coefficient (Wildman–Crippen LogP) is 1.95. The number of fused-ring (bicyclic) bond motifs is 1. The molecule has 1 amide bonds. The minimum absolute atomic E-state index is 0.0287. The SMILES string of the molecule is COc1nc2ccccc2cc1-c1cnc(C2CS(=O)(=O)CCN2C(C)=O)[nH]1. The predicted molar refractivity (Wildman–Crippen MR) is 105 cm³/mol. The smallest absolute Gasteiger partial charge is 0.223 e. The molecule has 1 fully saturated rings. The van der Waals surface area contributed by atoms with Crippen LogP contribution in [0.25, 0.3) is 22.2 Å². The molecule has 0 spiro atoms. The van der Waals surface area contributed by atoms with E-state index in [1.807, 2.05) is 30.3 Å². The number of rotatable bonds is 3. The number of hydrogen-bond acceptors (Lipinski definition) is 6. The fourth-order valence-corrected chi connectivity index (χ4v) is 4.96. The molecule has 1 aliphatic rings. The first kappa shape index (κ1) is 18.4. The van der Waals surface area contributed by atoms with Crippen LogP contribution in [-0.4, -0.2) is 59.3 Å². The number of nitrogens with one attached hydrogen (secondary N) is 1. The first-order valence-electron chi connectivity index (χ1n) is 8.84. The van der Waals surface area contributed by atoms with Crippen LogP contribution in [0.1, 0.15) is 18.8 Å². The molecule has 2 aromatic heterocycles. The van der Waals surface area contributed by atoms with E-state index in [0.29, 0.717) is 23.0 Å². The van der Waals surface area contributed by atoms with E-state index in [1.165, 1.54) is 6.92 Å². The van der Waals surface area contributed by atoms with E-state index in [4.69, 9.17) is 4.74 Å². The highest BCUT2D eigenvalue weighted by Crippen LogP contribution is 2.32. The lowest BCUT2D eigenvalue weighted by atomic mass is 10.1. The zero-order valence-electron chi connectivity index (χ0n) is 15.5. The first-order chi connectivity index (χ1) is 13.4. The summed E-state index contributed by atoms with van der Waals surface area (Å²) in [4.78, 5) is 25.6. The fourth-order valence-electron chi connectivity index (χ4n) is 3.50. The van der Waals surface area contributed by atoms with E-state index >= 15 is 0 Å². The lowest BCUT2D eigenvalue weighted by Gasteiger charge is -2.33. The molecule has 9 heteroatoms. The van der Waals surface area contributed by atoms with Gasteiger partial charge < -0.3 is 14.6 Å². The van der Waals surface area contributed by atoms with Gasteiger partial charge in [-0.1, -0.05) is 18.2 Å². The lowest BCUT2D eigenvalue weighted by molar-refractivity contribution is -0.130. The number of pyridine rings is 1. The Morgan fingerprint density at radius 2 is 2.11 bits per heavy atom. The lowest BCUT2D eigenvalue weighted by Crippen LogP contribution is -2.45. The van der Waals surface area contributed by atoms with Gasteiger partial charge in [0.25, 0.3) is 0 Å². The van der Waals surface area contributed by atoms with Gasteiger partial charge in [0.15, 0.2) is 9.84 Å². The Morgan fingerprint density at radius 3 is 2.86 bits per heavy atom. The van der Waals surface area contributed by atoms with Crippen molar-refractivity contribution in [3.05, 3.63) is 42.4 Å². The molecule has 0 bridgehead atoms. The molecule has 146 valence electrons. The van der Waals surface area contributed by atoms with Crippen LogP contribution in [0.15, 0.2) is 36.5 Å². The van der Waals surface area contributed by atoms with E-state index in [2.05, 4.69) is 15.0 Å². The number of carbonyl (C=O) groups excluding carboxylic acids is 1. The largest absolute Gasteiger partial charge is 0.480 e. The van der Waals surface area contributed by atoms with Crippen molar-refractivity contribution in [3.8, 4) is 17.1 Å². The number of imidazole rings is 1. The summed E-state index contributed by atoms with van der Waals surface area (Å²) in [6.07, 6.45) is 1.61. The van der Waals surface area contributed by atoms with E-state index in [-0.39, 0.29) is 24.0 Å². The van der Waals surface area contributed by atoms with Crippen LogP contribution < -0.4 is 4.74 Å². The van der Waals surface area contributed by atoms with Crippen molar-refractivity contribution >= 4 is 26.6 Å². The molecule has 3 aromatic rings. The van der Waals surface area contributed by atoms with Crippen LogP contribution in [0.5, 0.6) is 5.88 Å². The summed E-state index contributed by atoms with van der Waals surface area (Å²) in [6, 6.07) is 8.99. The van der Waals surface area contributed by atoms with Gasteiger partial charge in [0, 0.05) is 18.9 Å². The maximum atomic E-state index is 12.1. The van der Waals surface area contributed by atoms with Gasteiger partial charge in [0.1, 0.15) is 11.9 Å². The Morgan fingerprint density at radius 1 is 1.32 bits per heavy atom. The maximum absolute atomic E-state index is 12.1. The van der Waals surface area contributed by atoms with Crippen LogP contribution >= 0.6 is 0 Å². The molecular formula is C19H20N4O4S. The van der Waals surface area contributed by atoms with Gasteiger partial charge in [-0.25, -0.2) is 18.4 Å². The Bertz CT molecular complexity index is 1160. The number of H-pyrrole nitrogens is 1. The molecule has 1 atom stereocenters. The second-order valence-electron chi connectivity index (χ2n) is 6.76. The molecule has 1 unspecified atom stereocenters.